The van der Waals surface area contributed by atoms with Crippen molar-refractivity contribution in [2.24, 2.45) is 7.05 Å². The van der Waals surface area contributed by atoms with Gasteiger partial charge in [-0.05, 0) is 18.2 Å². The number of nitrogens with zero attached hydrogens (tertiary/aromatic N) is 2. The van der Waals surface area contributed by atoms with Crippen molar-refractivity contribution >= 4 is 33.0 Å². The minimum absolute atomic E-state index is 0.0584. The van der Waals surface area contributed by atoms with Gasteiger partial charge in [-0.1, -0.05) is 29.8 Å². The van der Waals surface area contributed by atoms with Crippen LogP contribution in [0.5, 0.6) is 0 Å². The Hall–Kier alpha value is -1.74. The largest absolute Gasteiger partial charge is 0.336 e. The Bertz CT molecular complexity index is 969. The number of aromatic nitrogens is 2. The van der Waals surface area contributed by atoms with Crippen molar-refractivity contribution in [3.05, 3.63) is 70.3 Å². The van der Waals surface area contributed by atoms with Crippen LogP contribution in [0.2, 0.25) is 4.34 Å². The third kappa shape index (κ3) is 3.36. The highest BCUT2D eigenvalue weighted by Crippen LogP contribution is 2.29. The molecule has 0 amide bonds. The molecule has 0 aliphatic carbocycles. The van der Waals surface area contributed by atoms with Crippen molar-refractivity contribution < 1.29 is 12.8 Å². The molecular weight excluding hydrogens is 373 g/mol. The number of thiophene rings is 1. The van der Waals surface area contributed by atoms with Gasteiger partial charge >= 0.3 is 0 Å². The number of imidazole rings is 1. The lowest BCUT2D eigenvalue weighted by Gasteiger charge is -2.19. The average Bonchev–Trinajstić information content (AvgIpc) is 3.15. The molecule has 24 heavy (non-hydrogen) atoms. The summed E-state index contributed by atoms with van der Waals surface area (Å²) in [5.41, 5.74) is 0.193. The van der Waals surface area contributed by atoms with Crippen molar-refractivity contribution in [2.45, 2.75) is 10.3 Å². The molecule has 0 saturated heterocycles. The highest BCUT2D eigenvalue weighted by molar-refractivity contribution is 7.91. The maximum Gasteiger partial charge on any atom is 0.251 e. The lowest BCUT2D eigenvalue weighted by molar-refractivity contribution is 0.546. The fourth-order valence-electron chi connectivity index (χ4n) is 2.28. The molecule has 3 rings (SSSR count). The molecule has 0 aliphatic heterocycles. The molecule has 0 bridgehead atoms. The second-order valence-corrected chi connectivity index (χ2v) is 8.69. The van der Waals surface area contributed by atoms with Crippen LogP contribution in [0.3, 0.4) is 0 Å². The van der Waals surface area contributed by atoms with E-state index in [4.69, 9.17) is 11.6 Å². The number of nitrogens with one attached hydrogen (secondary N) is 1. The van der Waals surface area contributed by atoms with E-state index < -0.39 is 21.9 Å². The smallest absolute Gasteiger partial charge is 0.251 e. The summed E-state index contributed by atoms with van der Waals surface area (Å²) in [7, 11) is -2.17. The number of hydrogen-bond donors (Lipinski definition) is 1. The van der Waals surface area contributed by atoms with Crippen molar-refractivity contribution in [2.75, 3.05) is 0 Å². The van der Waals surface area contributed by atoms with Crippen LogP contribution in [0.1, 0.15) is 17.4 Å². The van der Waals surface area contributed by atoms with Gasteiger partial charge < -0.3 is 4.57 Å². The Kier molecular flexibility index (Phi) is 4.73. The monoisotopic (exact) mass is 385 g/mol. The third-order valence-corrected chi connectivity index (χ3v) is 6.57. The zero-order valence-electron chi connectivity index (χ0n) is 12.5. The second kappa shape index (κ2) is 6.64. The summed E-state index contributed by atoms with van der Waals surface area (Å²) < 4.78 is 44.1. The van der Waals surface area contributed by atoms with E-state index in [-0.39, 0.29) is 9.77 Å². The molecule has 1 aromatic carbocycles. The van der Waals surface area contributed by atoms with Gasteiger partial charge in [0.15, 0.2) is 0 Å². The van der Waals surface area contributed by atoms with E-state index >= 15 is 0 Å². The fraction of sp³-hybridized carbons (Fsp3) is 0.133. The first-order chi connectivity index (χ1) is 11.4. The van der Waals surface area contributed by atoms with Gasteiger partial charge in [0.05, 0.1) is 4.34 Å². The molecule has 0 spiro atoms. The van der Waals surface area contributed by atoms with E-state index in [0.717, 1.165) is 11.3 Å². The quantitative estimate of drug-likeness (QED) is 0.732. The molecular formula is C15H13ClFN3O2S2. The number of hydrogen-bond acceptors (Lipinski definition) is 4. The van der Waals surface area contributed by atoms with Crippen molar-refractivity contribution in [1.29, 1.82) is 0 Å². The molecule has 0 saturated carbocycles. The Labute approximate surface area is 147 Å². The molecule has 0 radical (unpaired) electrons. The summed E-state index contributed by atoms with van der Waals surface area (Å²) in [6.45, 7) is 0. The number of benzene rings is 1. The van der Waals surface area contributed by atoms with Crippen molar-refractivity contribution in [3.63, 3.8) is 0 Å². The first-order valence-corrected chi connectivity index (χ1v) is 9.55. The maximum absolute atomic E-state index is 14.3. The molecule has 0 unspecified atom stereocenters. The van der Waals surface area contributed by atoms with Gasteiger partial charge in [0, 0.05) is 25.0 Å². The summed E-state index contributed by atoms with van der Waals surface area (Å²) in [4.78, 5) is 4.16. The van der Waals surface area contributed by atoms with E-state index in [1.807, 2.05) is 0 Å². The van der Waals surface area contributed by atoms with E-state index in [1.165, 1.54) is 30.5 Å². The van der Waals surface area contributed by atoms with E-state index in [9.17, 15) is 12.8 Å². The highest BCUT2D eigenvalue weighted by Gasteiger charge is 2.28. The molecule has 2 heterocycles. The Morgan fingerprint density at radius 3 is 2.62 bits per heavy atom. The van der Waals surface area contributed by atoms with Gasteiger partial charge in [-0.25, -0.2) is 17.8 Å². The SMILES string of the molecule is Cn1ccnc1[C@H](NS(=O)(=O)c1ccc(Cl)s1)c1ccccc1F. The average molecular weight is 386 g/mol. The third-order valence-electron chi connectivity index (χ3n) is 3.42. The van der Waals surface area contributed by atoms with Crippen LogP contribution in [0.15, 0.2) is 53.0 Å². The predicted molar refractivity (Wildman–Crippen MR) is 91.1 cm³/mol. The normalized spacial score (nSPS) is 13.1. The van der Waals surface area contributed by atoms with Crippen LogP contribution in [0.4, 0.5) is 4.39 Å². The highest BCUT2D eigenvalue weighted by atomic mass is 35.5. The minimum atomic E-state index is -3.88. The predicted octanol–water partition coefficient (Wildman–Crippen LogP) is 3.34. The van der Waals surface area contributed by atoms with Gasteiger partial charge in [0.2, 0.25) is 0 Å². The number of rotatable bonds is 5. The van der Waals surface area contributed by atoms with Crippen LogP contribution in [-0.2, 0) is 17.1 Å². The summed E-state index contributed by atoms with van der Waals surface area (Å²) in [6, 6.07) is 7.94. The lowest BCUT2D eigenvalue weighted by Crippen LogP contribution is -2.31. The minimum Gasteiger partial charge on any atom is -0.336 e. The van der Waals surface area contributed by atoms with Gasteiger partial charge in [-0.3, -0.25) is 0 Å². The van der Waals surface area contributed by atoms with Crippen LogP contribution in [-0.4, -0.2) is 18.0 Å². The molecule has 126 valence electrons. The summed E-state index contributed by atoms with van der Waals surface area (Å²) in [5, 5.41) is 0. The zero-order chi connectivity index (χ0) is 17.3. The van der Waals surface area contributed by atoms with Crippen LogP contribution in [0.25, 0.3) is 0 Å². The Balaban J connectivity index is 2.06. The zero-order valence-corrected chi connectivity index (χ0v) is 14.9. The van der Waals surface area contributed by atoms with E-state index in [2.05, 4.69) is 9.71 Å². The van der Waals surface area contributed by atoms with Gasteiger partial charge in [-0.2, -0.15) is 4.72 Å². The number of aryl methyl sites for hydroxylation is 1. The van der Waals surface area contributed by atoms with Crippen molar-refractivity contribution in [1.82, 2.24) is 14.3 Å². The first-order valence-electron chi connectivity index (χ1n) is 6.88. The molecule has 3 aromatic rings. The summed E-state index contributed by atoms with van der Waals surface area (Å²) >= 11 is 6.75. The lowest BCUT2D eigenvalue weighted by atomic mass is 10.1. The van der Waals surface area contributed by atoms with Gasteiger partial charge in [0.25, 0.3) is 10.0 Å². The van der Waals surface area contributed by atoms with Gasteiger partial charge in [-0.15, -0.1) is 11.3 Å². The molecule has 0 fully saturated rings. The molecule has 0 aliphatic rings. The number of sulfonamides is 1. The number of halogens is 2. The first kappa shape index (κ1) is 17.1. The molecule has 1 N–H and O–H groups in total. The van der Waals surface area contributed by atoms with Gasteiger partial charge in [0.1, 0.15) is 21.9 Å². The van der Waals surface area contributed by atoms with Crippen LogP contribution >= 0.6 is 22.9 Å². The van der Waals surface area contributed by atoms with Crippen LogP contribution in [0, 0.1) is 5.82 Å². The summed E-state index contributed by atoms with van der Waals surface area (Å²) in [6.07, 6.45) is 3.19. The molecule has 2 aromatic heterocycles. The Morgan fingerprint density at radius 2 is 2.04 bits per heavy atom. The fourth-order valence-corrected chi connectivity index (χ4v) is 4.95. The molecule has 1 atom stereocenters. The van der Waals surface area contributed by atoms with Crippen LogP contribution < -0.4 is 4.72 Å². The topological polar surface area (TPSA) is 64.0 Å². The van der Waals surface area contributed by atoms with E-state index in [1.54, 1.807) is 29.9 Å². The Morgan fingerprint density at radius 1 is 1.29 bits per heavy atom. The maximum atomic E-state index is 14.3. The van der Waals surface area contributed by atoms with E-state index in [0.29, 0.717) is 10.2 Å². The standard InChI is InChI=1S/C15H13ClFN3O2S2/c1-20-9-8-18-15(20)14(10-4-2-3-5-11(10)17)19-24(21,22)13-7-6-12(16)23-13/h2-9,14,19H,1H3/t14-/m1/s1. The summed E-state index contributed by atoms with van der Waals surface area (Å²) in [5.74, 6) is -0.135. The molecule has 5 nitrogen and oxygen atoms in total. The van der Waals surface area contributed by atoms with Crippen molar-refractivity contribution in [3.8, 4) is 0 Å². The molecule has 9 heteroatoms. The second-order valence-electron chi connectivity index (χ2n) is 5.03.